The number of carbonyl (C=O) groups is 2. The highest BCUT2D eigenvalue weighted by molar-refractivity contribution is 5.97. The molecule has 5 heteroatoms. The van der Waals surface area contributed by atoms with Crippen LogP contribution in [0.5, 0.6) is 0 Å². The molecule has 0 saturated carbocycles. The summed E-state index contributed by atoms with van der Waals surface area (Å²) in [7, 11) is 0. The zero-order valence-electron chi connectivity index (χ0n) is 17.4. The van der Waals surface area contributed by atoms with Gasteiger partial charge in [-0.15, -0.1) is 0 Å². The summed E-state index contributed by atoms with van der Waals surface area (Å²) in [5.41, 5.74) is 2.93. The van der Waals surface area contributed by atoms with E-state index in [4.69, 9.17) is 0 Å². The second-order valence-corrected chi connectivity index (χ2v) is 7.86. The van der Waals surface area contributed by atoms with E-state index in [0.29, 0.717) is 18.2 Å². The van der Waals surface area contributed by atoms with Crippen LogP contribution < -0.4 is 10.6 Å². The smallest absolute Gasteiger partial charge is 0.251 e. The maximum Gasteiger partial charge on any atom is 0.251 e. The van der Waals surface area contributed by atoms with Gasteiger partial charge >= 0.3 is 0 Å². The minimum Gasteiger partial charge on any atom is -0.350 e. The van der Waals surface area contributed by atoms with Crippen molar-refractivity contribution in [3.8, 4) is 0 Å². The van der Waals surface area contributed by atoms with E-state index in [2.05, 4.69) is 40.7 Å². The molecule has 0 unspecified atom stereocenters. The third-order valence-corrected chi connectivity index (χ3v) is 5.66. The first-order valence-electron chi connectivity index (χ1n) is 10.5. The topological polar surface area (TPSA) is 61.4 Å². The molecule has 0 radical (unpaired) electrons. The van der Waals surface area contributed by atoms with E-state index in [1.807, 2.05) is 12.1 Å². The van der Waals surface area contributed by atoms with Gasteiger partial charge in [-0.1, -0.05) is 48.9 Å². The Morgan fingerprint density at radius 1 is 1.03 bits per heavy atom. The number of rotatable bonds is 7. The number of amides is 2. The number of piperidine rings is 1. The summed E-state index contributed by atoms with van der Waals surface area (Å²) in [6.45, 7) is 6.50. The second kappa shape index (κ2) is 10.2. The van der Waals surface area contributed by atoms with Crippen LogP contribution in [-0.4, -0.2) is 35.3 Å². The largest absolute Gasteiger partial charge is 0.350 e. The van der Waals surface area contributed by atoms with Crippen LogP contribution in [0, 0.1) is 0 Å². The predicted octanol–water partition coefficient (Wildman–Crippen LogP) is 3.50. The van der Waals surface area contributed by atoms with Crippen molar-refractivity contribution in [2.24, 2.45) is 0 Å². The van der Waals surface area contributed by atoms with Gasteiger partial charge in [-0.2, -0.15) is 0 Å². The lowest BCUT2D eigenvalue weighted by atomic mass is 10.0. The van der Waals surface area contributed by atoms with Crippen LogP contribution in [0.15, 0.2) is 54.6 Å². The number of carbonyl (C=O) groups excluding carboxylic acids is 2. The molecule has 2 atom stereocenters. The molecule has 1 saturated heterocycles. The van der Waals surface area contributed by atoms with E-state index < -0.39 is 6.04 Å². The van der Waals surface area contributed by atoms with Crippen molar-refractivity contribution < 1.29 is 9.59 Å². The number of hydrogen-bond donors (Lipinski definition) is 2. The number of benzene rings is 2. The highest BCUT2D eigenvalue weighted by Gasteiger charge is 2.20. The maximum absolute atomic E-state index is 12.5. The molecule has 1 aliphatic rings. The van der Waals surface area contributed by atoms with Gasteiger partial charge in [-0.3, -0.25) is 14.5 Å². The third-order valence-electron chi connectivity index (χ3n) is 5.66. The van der Waals surface area contributed by atoms with Crippen LogP contribution in [0.1, 0.15) is 54.6 Å². The fraction of sp³-hybridized carbons (Fsp3) is 0.417. The van der Waals surface area contributed by atoms with Gasteiger partial charge in [-0.25, -0.2) is 0 Å². The van der Waals surface area contributed by atoms with Gasteiger partial charge in [0.1, 0.15) is 6.04 Å². The Hall–Kier alpha value is -2.66. The van der Waals surface area contributed by atoms with Crippen molar-refractivity contribution in [1.29, 1.82) is 0 Å². The molecule has 2 aromatic rings. The van der Waals surface area contributed by atoms with Gasteiger partial charge in [0.05, 0.1) is 0 Å². The minimum atomic E-state index is -0.600. The van der Waals surface area contributed by atoms with Gasteiger partial charge in [0.25, 0.3) is 5.91 Å². The normalized spacial score (nSPS) is 18.1. The van der Waals surface area contributed by atoms with Crippen molar-refractivity contribution in [3.05, 3.63) is 71.3 Å². The zero-order valence-corrected chi connectivity index (χ0v) is 17.4. The van der Waals surface area contributed by atoms with E-state index >= 15 is 0 Å². The standard InChI is InChI=1S/C24H31N3O2/c1-18-10-8-9-15-27(18)17-22-14-7-6-13-21(22)16-25-23(28)19(2)26-24(29)20-11-4-3-5-12-20/h3-7,11-14,18-19H,8-10,15-17H2,1-2H3,(H,25,28)(H,26,29)/t18-,19-/m0/s1. The Bertz CT molecular complexity index is 822. The summed E-state index contributed by atoms with van der Waals surface area (Å²) < 4.78 is 0. The van der Waals surface area contributed by atoms with Crippen molar-refractivity contribution in [3.63, 3.8) is 0 Å². The molecule has 1 fully saturated rings. The molecule has 2 aromatic carbocycles. The Balaban J connectivity index is 1.55. The third kappa shape index (κ3) is 5.91. The number of nitrogens with zero attached hydrogens (tertiary/aromatic N) is 1. The lowest BCUT2D eigenvalue weighted by molar-refractivity contribution is -0.122. The first kappa shape index (κ1) is 21.1. The summed E-state index contributed by atoms with van der Waals surface area (Å²) in [4.78, 5) is 27.3. The molecule has 29 heavy (non-hydrogen) atoms. The lowest BCUT2D eigenvalue weighted by Gasteiger charge is -2.33. The summed E-state index contributed by atoms with van der Waals surface area (Å²) in [6.07, 6.45) is 3.81. The van der Waals surface area contributed by atoms with Crippen molar-refractivity contribution in [2.45, 2.75) is 58.3 Å². The van der Waals surface area contributed by atoms with Crippen LogP contribution in [-0.2, 0) is 17.9 Å². The Labute approximate surface area is 173 Å². The van der Waals surface area contributed by atoms with Gasteiger partial charge in [-0.05, 0) is 56.5 Å². The number of hydrogen-bond acceptors (Lipinski definition) is 3. The van der Waals surface area contributed by atoms with Gasteiger partial charge in [0, 0.05) is 24.7 Å². The van der Waals surface area contributed by atoms with E-state index in [-0.39, 0.29) is 11.8 Å². The SMILES string of the molecule is C[C@H](NC(=O)c1ccccc1)C(=O)NCc1ccccc1CN1CCCC[C@@H]1C. The van der Waals surface area contributed by atoms with Crippen molar-refractivity contribution >= 4 is 11.8 Å². The first-order valence-corrected chi connectivity index (χ1v) is 10.5. The summed E-state index contributed by atoms with van der Waals surface area (Å²) in [5.74, 6) is -0.428. The van der Waals surface area contributed by atoms with Gasteiger partial charge < -0.3 is 10.6 Å². The fourth-order valence-corrected chi connectivity index (χ4v) is 3.77. The minimum absolute atomic E-state index is 0.185. The molecule has 5 nitrogen and oxygen atoms in total. The lowest BCUT2D eigenvalue weighted by Crippen LogP contribution is -2.44. The van der Waals surface area contributed by atoms with E-state index in [1.165, 1.54) is 24.8 Å². The average molecular weight is 394 g/mol. The monoisotopic (exact) mass is 393 g/mol. The molecule has 0 aliphatic carbocycles. The molecule has 0 aromatic heterocycles. The zero-order chi connectivity index (χ0) is 20.6. The van der Waals surface area contributed by atoms with Crippen LogP contribution in [0.4, 0.5) is 0 Å². The van der Waals surface area contributed by atoms with Crippen molar-refractivity contribution in [2.75, 3.05) is 6.54 Å². The molecular weight excluding hydrogens is 362 g/mol. The van der Waals surface area contributed by atoms with Gasteiger partial charge in [0.2, 0.25) is 5.91 Å². The quantitative estimate of drug-likeness (QED) is 0.757. The molecule has 0 spiro atoms. The van der Waals surface area contributed by atoms with Crippen LogP contribution >= 0.6 is 0 Å². The van der Waals surface area contributed by atoms with Crippen LogP contribution in [0.3, 0.4) is 0 Å². The molecule has 1 aliphatic heterocycles. The molecule has 2 N–H and O–H groups in total. The molecule has 1 heterocycles. The average Bonchev–Trinajstić information content (AvgIpc) is 2.75. The Kier molecular flexibility index (Phi) is 7.42. The second-order valence-electron chi connectivity index (χ2n) is 7.86. The Morgan fingerprint density at radius 3 is 2.45 bits per heavy atom. The summed E-state index contributed by atoms with van der Waals surface area (Å²) in [5, 5.41) is 5.73. The number of nitrogens with one attached hydrogen (secondary N) is 2. The highest BCUT2D eigenvalue weighted by atomic mass is 16.2. The molecule has 154 valence electrons. The van der Waals surface area contributed by atoms with Crippen LogP contribution in [0.2, 0.25) is 0 Å². The Morgan fingerprint density at radius 2 is 1.72 bits per heavy atom. The van der Waals surface area contributed by atoms with Crippen molar-refractivity contribution in [1.82, 2.24) is 15.5 Å². The van der Waals surface area contributed by atoms with E-state index in [0.717, 1.165) is 18.7 Å². The molecular formula is C24H31N3O2. The van der Waals surface area contributed by atoms with E-state index in [1.54, 1.807) is 31.2 Å². The molecule has 2 amide bonds. The number of likely N-dealkylation sites (tertiary alicyclic amines) is 1. The fourth-order valence-electron chi connectivity index (χ4n) is 3.77. The first-order chi connectivity index (χ1) is 14.0. The summed E-state index contributed by atoms with van der Waals surface area (Å²) >= 11 is 0. The summed E-state index contributed by atoms with van der Waals surface area (Å²) in [6, 6.07) is 17.2. The molecule has 3 rings (SSSR count). The predicted molar refractivity (Wildman–Crippen MR) is 115 cm³/mol. The van der Waals surface area contributed by atoms with Gasteiger partial charge in [0.15, 0.2) is 0 Å². The maximum atomic E-state index is 12.5. The molecule has 0 bridgehead atoms. The van der Waals surface area contributed by atoms with E-state index in [9.17, 15) is 9.59 Å². The highest BCUT2D eigenvalue weighted by Crippen LogP contribution is 2.20. The van der Waals surface area contributed by atoms with Crippen LogP contribution in [0.25, 0.3) is 0 Å².